The van der Waals surface area contributed by atoms with Gasteiger partial charge in [-0.25, -0.2) is 9.29 Å². The van der Waals surface area contributed by atoms with E-state index in [-0.39, 0.29) is 17.6 Å². The summed E-state index contributed by atoms with van der Waals surface area (Å²) in [6.45, 7) is 3.66. The lowest BCUT2D eigenvalue weighted by molar-refractivity contribution is -0.120. The number of rotatable bonds is 4. The van der Waals surface area contributed by atoms with E-state index in [4.69, 9.17) is 0 Å². The van der Waals surface area contributed by atoms with E-state index in [1.54, 1.807) is 24.3 Å². The van der Waals surface area contributed by atoms with Gasteiger partial charge in [0, 0.05) is 32.9 Å². The van der Waals surface area contributed by atoms with Gasteiger partial charge in [0.05, 0.1) is 11.3 Å². The molecule has 2 aromatic rings. The summed E-state index contributed by atoms with van der Waals surface area (Å²) in [5.41, 5.74) is 2.86. The van der Waals surface area contributed by atoms with Crippen LogP contribution in [0.1, 0.15) is 25.3 Å². The van der Waals surface area contributed by atoms with Crippen molar-refractivity contribution in [1.82, 2.24) is 4.90 Å². The molecule has 0 aliphatic carbocycles. The van der Waals surface area contributed by atoms with Crippen molar-refractivity contribution in [2.24, 2.45) is 5.92 Å². The first kappa shape index (κ1) is 20.1. The predicted octanol–water partition coefficient (Wildman–Crippen LogP) is 3.91. The Morgan fingerprint density at radius 3 is 2.07 bits per heavy atom. The minimum Gasteiger partial charge on any atom is -0.378 e. The van der Waals surface area contributed by atoms with Crippen molar-refractivity contribution in [1.29, 1.82) is 0 Å². The highest BCUT2D eigenvalue weighted by molar-refractivity contribution is 6.45. The van der Waals surface area contributed by atoms with E-state index in [9.17, 15) is 14.0 Å². The molecule has 4 rings (SSSR count). The Balaban J connectivity index is 1.76. The van der Waals surface area contributed by atoms with Gasteiger partial charge in [0.2, 0.25) is 0 Å². The van der Waals surface area contributed by atoms with E-state index in [1.165, 1.54) is 17.0 Å². The number of carbonyl (C=O) groups is 2. The summed E-state index contributed by atoms with van der Waals surface area (Å²) in [5, 5.41) is 0. The van der Waals surface area contributed by atoms with E-state index in [2.05, 4.69) is 6.92 Å². The molecule has 156 valence electrons. The third-order valence-electron chi connectivity index (χ3n) is 5.92. The Labute approximate surface area is 176 Å². The van der Waals surface area contributed by atoms with Crippen LogP contribution in [-0.2, 0) is 9.59 Å². The minimum absolute atomic E-state index is 0.313. The van der Waals surface area contributed by atoms with Crippen molar-refractivity contribution in [2.45, 2.75) is 19.8 Å². The van der Waals surface area contributed by atoms with Crippen LogP contribution in [0.5, 0.6) is 0 Å². The lowest BCUT2D eigenvalue weighted by atomic mass is 9.97. The first-order chi connectivity index (χ1) is 14.4. The Hall–Kier alpha value is -3.15. The fraction of sp³-hybridized carbons (Fsp3) is 0.333. The fourth-order valence-electron chi connectivity index (χ4n) is 4.05. The maximum Gasteiger partial charge on any atom is 0.282 e. The summed E-state index contributed by atoms with van der Waals surface area (Å²) in [7, 11) is 3.87. The van der Waals surface area contributed by atoms with Crippen LogP contribution in [0.15, 0.2) is 54.2 Å². The average molecular weight is 407 g/mol. The zero-order valence-electron chi connectivity index (χ0n) is 17.6. The third-order valence-corrected chi connectivity index (χ3v) is 5.92. The number of anilines is 2. The van der Waals surface area contributed by atoms with Crippen molar-refractivity contribution >= 4 is 28.8 Å². The Morgan fingerprint density at radius 2 is 1.50 bits per heavy atom. The van der Waals surface area contributed by atoms with Crippen LogP contribution in [0.3, 0.4) is 0 Å². The first-order valence-electron chi connectivity index (χ1n) is 10.3. The van der Waals surface area contributed by atoms with Gasteiger partial charge < -0.3 is 9.80 Å². The highest BCUT2D eigenvalue weighted by Crippen LogP contribution is 2.36. The van der Waals surface area contributed by atoms with Gasteiger partial charge in [-0.3, -0.25) is 9.59 Å². The topological polar surface area (TPSA) is 43.9 Å². The molecule has 0 spiro atoms. The molecule has 30 heavy (non-hydrogen) atoms. The highest BCUT2D eigenvalue weighted by Gasteiger charge is 2.42. The number of amides is 2. The number of hydrogen-bond acceptors (Lipinski definition) is 4. The smallest absolute Gasteiger partial charge is 0.282 e. The molecule has 2 amide bonds. The van der Waals surface area contributed by atoms with Gasteiger partial charge in [0.1, 0.15) is 11.5 Å². The Bertz CT molecular complexity index is 988. The molecule has 2 aliphatic rings. The van der Waals surface area contributed by atoms with E-state index >= 15 is 0 Å². The van der Waals surface area contributed by atoms with E-state index in [0.717, 1.165) is 31.6 Å². The molecule has 2 aliphatic heterocycles. The highest BCUT2D eigenvalue weighted by atomic mass is 19.1. The van der Waals surface area contributed by atoms with Gasteiger partial charge in [-0.1, -0.05) is 19.1 Å². The normalized spacial score (nSPS) is 17.9. The molecule has 0 radical (unpaired) electrons. The van der Waals surface area contributed by atoms with E-state index < -0.39 is 0 Å². The maximum absolute atomic E-state index is 13.5. The van der Waals surface area contributed by atoms with Crippen LogP contribution in [0.4, 0.5) is 15.8 Å². The number of benzene rings is 2. The zero-order valence-corrected chi connectivity index (χ0v) is 17.6. The van der Waals surface area contributed by atoms with Crippen LogP contribution < -0.4 is 9.80 Å². The quantitative estimate of drug-likeness (QED) is 0.721. The molecule has 0 unspecified atom stereocenters. The SMILES string of the molecule is CC1CCN(C2=C(c3ccc(F)cc3)C(=O)N(c3ccc(N(C)C)cc3)C2=O)CC1. The van der Waals surface area contributed by atoms with Gasteiger partial charge in [0.15, 0.2) is 0 Å². The number of halogens is 1. The van der Waals surface area contributed by atoms with E-state index in [1.807, 2.05) is 36.0 Å². The summed E-state index contributed by atoms with van der Waals surface area (Å²) in [5.74, 6) is -0.456. The van der Waals surface area contributed by atoms with Crippen molar-refractivity contribution in [2.75, 3.05) is 37.0 Å². The van der Waals surface area contributed by atoms with Gasteiger partial charge in [0.25, 0.3) is 11.8 Å². The molecule has 1 saturated heterocycles. The number of piperidine rings is 1. The number of imide groups is 1. The molecular weight excluding hydrogens is 381 g/mol. The van der Waals surface area contributed by atoms with Crippen LogP contribution in [0.25, 0.3) is 5.57 Å². The molecule has 1 fully saturated rings. The third kappa shape index (κ3) is 3.58. The second-order valence-electron chi connectivity index (χ2n) is 8.26. The van der Waals surface area contributed by atoms with E-state index in [0.29, 0.717) is 28.4 Å². The molecule has 5 nitrogen and oxygen atoms in total. The summed E-state index contributed by atoms with van der Waals surface area (Å²) >= 11 is 0. The molecule has 0 saturated carbocycles. The minimum atomic E-state index is -0.374. The predicted molar refractivity (Wildman–Crippen MR) is 117 cm³/mol. The molecule has 2 heterocycles. The second kappa shape index (κ2) is 7.94. The van der Waals surface area contributed by atoms with Gasteiger partial charge in [-0.05, 0) is 60.7 Å². The zero-order chi connectivity index (χ0) is 21.4. The molecule has 2 aromatic carbocycles. The molecule has 0 N–H and O–H groups in total. The molecule has 0 aromatic heterocycles. The van der Waals surface area contributed by atoms with Crippen molar-refractivity contribution < 1.29 is 14.0 Å². The average Bonchev–Trinajstić information content (AvgIpc) is 2.99. The summed E-state index contributed by atoms with van der Waals surface area (Å²) in [6, 6.07) is 13.1. The Morgan fingerprint density at radius 1 is 0.900 bits per heavy atom. The fourth-order valence-corrected chi connectivity index (χ4v) is 4.05. The maximum atomic E-state index is 13.5. The molecule has 0 atom stereocenters. The lowest BCUT2D eigenvalue weighted by Crippen LogP contribution is -2.38. The number of likely N-dealkylation sites (tertiary alicyclic amines) is 1. The van der Waals surface area contributed by atoms with Crippen LogP contribution in [-0.4, -0.2) is 43.9 Å². The second-order valence-corrected chi connectivity index (χ2v) is 8.26. The summed E-state index contributed by atoms with van der Waals surface area (Å²) in [4.78, 5) is 32.2. The van der Waals surface area contributed by atoms with Crippen molar-refractivity contribution in [3.8, 4) is 0 Å². The van der Waals surface area contributed by atoms with Crippen LogP contribution >= 0.6 is 0 Å². The molecular formula is C24H26FN3O2. The van der Waals surface area contributed by atoms with Gasteiger partial charge >= 0.3 is 0 Å². The first-order valence-corrected chi connectivity index (χ1v) is 10.3. The standard InChI is InChI=1S/C24H26FN3O2/c1-16-12-14-27(15-13-16)22-21(17-4-6-18(25)7-5-17)23(29)28(24(22)30)20-10-8-19(9-11-20)26(2)3/h4-11,16H,12-15H2,1-3H3. The van der Waals surface area contributed by atoms with Gasteiger partial charge in [-0.2, -0.15) is 0 Å². The largest absolute Gasteiger partial charge is 0.378 e. The molecule has 0 bridgehead atoms. The summed E-state index contributed by atoms with van der Waals surface area (Å²) in [6.07, 6.45) is 1.94. The van der Waals surface area contributed by atoms with Crippen LogP contribution in [0, 0.1) is 11.7 Å². The lowest BCUT2D eigenvalue weighted by Gasteiger charge is -2.32. The summed E-state index contributed by atoms with van der Waals surface area (Å²) < 4.78 is 13.5. The Kier molecular flexibility index (Phi) is 5.33. The monoisotopic (exact) mass is 407 g/mol. The number of carbonyl (C=O) groups excluding carboxylic acids is 2. The van der Waals surface area contributed by atoms with Crippen LogP contribution in [0.2, 0.25) is 0 Å². The van der Waals surface area contributed by atoms with Gasteiger partial charge in [-0.15, -0.1) is 0 Å². The number of nitrogens with zero attached hydrogens (tertiary/aromatic N) is 3. The van der Waals surface area contributed by atoms with Crippen molar-refractivity contribution in [3.05, 3.63) is 65.6 Å². The van der Waals surface area contributed by atoms with Crippen molar-refractivity contribution in [3.63, 3.8) is 0 Å². The number of hydrogen-bond donors (Lipinski definition) is 0. The molecule has 6 heteroatoms.